The molecule has 5 heteroatoms. The molecule has 1 amide bonds. The van der Waals surface area contributed by atoms with E-state index in [2.05, 4.69) is 20.9 Å². The van der Waals surface area contributed by atoms with Crippen LogP contribution in [-0.4, -0.2) is 38.0 Å². The van der Waals surface area contributed by atoms with Crippen LogP contribution in [0.5, 0.6) is 0 Å². The smallest absolute Gasteiger partial charge is 0.229 e. The van der Waals surface area contributed by atoms with Crippen LogP contribution in [-0.2, 0) is 4.79 Å². The fourth-order valence-electron chi connectivity index (χ4n) is 1.92. The van der Waals surface area contributed by atoms with Gasteiger partial charge in [-0.3, -0.25) is 15.1 Å². The summed E-state index contributed by atoms with van der Waals surface area (Å²) in [4.78, 5) is 16.0. The fraction of sp³-hybridized carbons (Fsp3) is 0.800. The van der Waals surface area contributed by atoms with E-state index in [1.807, 2.05) is 0 Å². The van der Waals surface area contributed by atoms with Gasteiger partial charge in [0.25, 0.3) is 0 Å². The summed E-state index contributed by atoms with van der Waals surface area (Å²) in [5.74, 6) is 0.923. The first-order valence-corrected chi connectivity index (χ1v) is 5.66. The maximum atomic E-state index is 11.8. The van der Waals surface area contributed by atoms with E-state index in [4.69, 9.17) is 0 Å². The molecule has 0 aliphatic carbocycles. The maximum Gasteiger partial charge on any atom is 0.229 e. The van der Waals surface area contributed by atoms with Crippen molar-refractivity contribution in [2.24, 2.45) is 10.9 Å². The molecular formula is C10H18N4O. The molecule has 1 fully saturated rings. The van der Waals surface area contributed by atoms with E-state index in [-0.39, 0.29) is 11.8 Å². The molecule has 3 N–H and O–H groups in total. The third-order valence-electron chi connectivity index (χ3n) is 2.85. The lowest BCUT2D eigenvalue weighted by Crippen LogP contribution is -2.47. The summed E-state index contributed by atoms with van der Waals surface area (Å²) in [5, 5.41) is 9.20. The molecule has 2 aliphatic heterocycles. The lowest BCUT2D eigenvalue weighted by atomic mass is 9.97. The van der Waals surface area contributed by atoms with Crippen molar-refractivity contribution in [1.82, 2.24) is 16.0 Å². The van der Waals surface area contributed by atoms with Gasteiger partial charge in [-0.1, -0.05) is 0 Å². The highest BCUT2D eigenvalue weighted by Gasteiger charge is 2.21. The molecule has 0 spiro atoms. The first-order chi connectivity index (χ1) is 7.36. The molecule has 0 radical (unpaired) electrons. The SMILES string of the molecule is O=C(NC1=NCCCN1)C1CCNCC1. The van der Waals surface area contributed by atoms with E-state index in [9.17, 15) is 4.79 Å². The van der Waals surface area contributed by atoms with Gasteiger partial charge in [0.15, 0.2) is 5.96 Å². The van der Waals surface area contributed by atoms with Crippen LogP contribution in [0, 0.1) is 5.92 Å². The summed E-state index contributed by atoms with van der Waals surface area (Å²) in [7, 11) is 0. The Balaban J connectivity index is 1.82. The minimum Gasteiger partial charge on any atom is -0.356 e. The predicted octanol–water partition coefficient (Wildman–Crippen LogP) is -0.548. The van der Waals surface area contributed by atoms with Gasteiger partial charge in [0, 0.05) is 19.0 Å². The second-order valence-corrected chi connectivity index (χ2v) is 4.02. The molecule has 0 aromatic heterocycles. The molecule has 15 heavy (non-hydrogen) atoms. The maximum absolute atomic E-state index is 11.8. The van der Waals surface area contributed by atoms with Gasteiger partial charge in [-0.2, -0.15) is 0 Å². The Bertz CT molecular complexity index is 258. The average Bonchev–Trinajstić information content (AvgIpc) is 2.31. The summed E-state index contributed by atoms with van der Waals surface area (Å²) in [6.07, 6.45) is 2.91. The van der Waals surface area contributed by atoms with Gasteiger partial charge in [0.05, 0.1) is 0 Å². The zero-order chi connectivity index (χ0) is 10.5. The predicted molar refractivity (Wildman–Crippen MR) is 58.7 cm³/mol. The summed E-state index contributed by atoms with van der Waals surface area (Å²) in [6, 6.07) is 0. The largest absolute Gasteiger partial charge is 0.356 e. The Morgan fingerprint density at radius 2 is 2.13 bits per heavy atom. The normalized spacial score (nSPS) is 22.8. The van der Waals surface area contributed by atoms with E-state index in [0.29, 0.717) is 5.96 Å². The minimum absolute atomic E-state index is 0.115. The summed E-state index contributed by atoms with van der Waals surface area (Å²) < 4.78 is 0. The lowest BCUT2D eigenvalue weighted by molar-refractivity contribution is -0.124. The van der Waals surface area contributed by atoms with Crippen molar-refractivity contribution < 1.29 is 4.79 Å². The molecule has 0 aromatic rings. The molecule has 5 nitrogen and oxygen atoms in total. The number of hydrogen-bond acceptors (Lipinski definition) is 4. The van der Waals surface area contributed by atoms with Crippen molar-refractivity contribution in [1.29, 1.82) is 0 Å². The highest BCUT2D eigenvalue weighted by molar-refractivity contribution is 5.98. The van der Waals surface area contributed by atoms with E-state index in [1.54, 1.807) is 0 Å². The third-order valence-corrected chi connectivity index (χ3v) is 2.85. The van der Waals surface area contributed by atoms with Gasteiger partial charge < -0.3 is 10.6 Å². The number of guanidine groups is 1. The molecule has 84 valence electrons. The number of carbonyl (C=O) groups excluding carboxylic acids is 1. The van der Waals surface area contributed by atoms with Crippen molar-refractivity contribution in [2.45, 2.75) is 19.3 Å². The van der Waals surface area contributed by atoms with Gasteiger partial charge in [0.2, 0.25) is 5.91 Å². The van der Waals surface area contributed by atoms with Crippen LogP contribution in [0.3, 0.4) is 0 Å². The number of rotatable bonds is 1. The average molecular weight is 210 g/mol. The molecule has 2 rings (SSSR count). The molecule has 0 bridgehead atoms. The number of piperidine rings is 1. The zero-order valence-electron chi connectivity index (χ0n) is 8.88. The van der Waals surface area contributed by atoms with Crippen molar-refractivity contribution in [2.75, 3.05) is 26.2 Å². The van der Waals surface area contributed by atoms with Crippen LogP contribution < -0.4 is 16.0 Å². The monoisotopic (exact) mass is 210 g/mol. The Morgan fingerprint density at radius 3 is 2.80 bits per heavy atom. The van der Waals surface area contributed by atoms with Crippen LogP contribution in [0.4, 0.5) is 0 Å². The van der Waals surface area contributed by atoms with Gasteiger partial charge in [-0.05, 0) is 32.4 Å². The van der Waals surface area contributed by atoms with Crippen molar-refractivity contribution in [3.8, 4) is 0 Å². The highest BCUT2D eigenvalue weighted by atomic mass is 16.2. The van der Waals surface area contributed by atoms with Gasteiger partial charge in [0.1, 0.15) is 0 Å². The third kappa shape index (κ3) is 2.92. The Kier molecular flexibility index (Phi) is 3.55. The first-order valence-electron chi connectivity index (χ1n) is 5.66. The van der Waals surface area contributed by atoms with Gasteiger partial charge in [-0.15, -0.1) is 0 Å². The molecule has 2 heterocycles. The molecule has 0 atom stereocenters. The molecule has 0 saturated carbocycles. The standard InChI is InChI=1S/C10H18N4O/c15-9(8-2-6-11-7-3-8)14-10-12-4-1-5-13-10/h8,11H,1-7H2,(H2,12,13,14,15). The van der Waals surface area contributed by atoms with Gasteiger partial charge >= 0.3 is 0 Å². The van der Waals surface area contributed by atoms with E-state index >= 15 is 0 Å². The zero-order valence-corrected chi connectivity index (χ0v) is 8.88. The van der Waals surface area contributed by atoms with Crippen molar-refractivity contribution in [3.63, 3.8) is 0 Å². The Morgan fingerprint density at radius 1 is 1.33 bits per heavy atom. The topological polar surface area (TPSA) is 65.5 Å². The van der Waals surface area contributed by atoms with E-state index < -0.39 is 0 Å². The first kappa shape index (κ1) is 10.4. The highest BCUT2D eigenvalue weighted by Crippen LogP contribution is 2.11. The number of nitrogens with one attached hydrogen (secondary N) is 3. The Labute approximate surface area is 89.7 Å². The van der Waals surface area contributed by atoms with Gasteiger partial charge in [-0.25, -0.2) is 0 Å². The summed E-state index contributed by atoms with van der Waals surface area (Å²) in [5.41, 5.74) is 0. The summed E-state index contributed by atoms with van der Waals surface area (Å²) >= 11 is 0. The molecule has 1 saturated heterocycles. The molecule has 2 aliphatic rings. The van der Waals surface area contributed by atoms with Crippen LogP contribution in [0.1, 0.15) is 19.3 Å². The van der Waals surface area contributed by atoms with Crippen LogP contribution in [0.25, 0.3) is 0 Å². The fourth-order valence-corrected chi connectivity index (χ4v) is 1.92. The minimum atomic E-state index is 0.115. The molecule has 0 aromatic carbocycles. The summed E-state index contributed by atoms with van der Waals surface area (Å²) in [6.45, 7) is 3.61. The van der Waals surface area contributed by atoms with Crippen molar-refractivity contribution >= 4 is 11.9 Å². The van der Waals surface area contributed by atoms with Crippen LogP contribution >= 0.6 is 0 Å². The van der Waals surface area contributed by atoms with E-state index in [0.717, 1.165) is 45.4 Å². The number of carbonyl (C=O) groups is 1. The number of amides is 1. The number of nitrogens with zero attached hydrogens (tertiary/aromatic N) is 1. The quantitative estimate of drug-likeness (QED) is 0.544. The van der Waals surface area contributed by atoms with Crippen molar-refractivity contribution in [3.05, 3.63) is 0 Å². The second-order valence-electron chi connectivity index (χ2n) is 4.02. The van der Waals surface area contributed by atoms with Crippen LogP contribution in [0.15, 0.2) is 4.99 Å². The number of aliphatic imine (C=N–C) groups is 1. The Hall–Kier alpha value is -1.10. The molecular weight excluding hydrogens is 192 g/mol. The van der Waals surface area contributed by atoms with E-state index in [1.165, 1.54) is 0 Å². The second kappa shape index (κ2) is 5.11. The number of hydrogen-bond donors (Lipinski definition) is 3. The van der Waals surface area contributed by atoms with Crippen LogP contribution in [0.2, 0.25) is 0 Å². The lowest BCUT2D eigenvalue weighted by Gasteiger charge is -2.23. The molecule has 0 unspecified atom stereocenters.